The van der Waals surface area contributed by atoms with Gasteiger partial charge in [-0.2, -0.15) is 0 Å². The first kappa shape index (κ1) is 16.0. The second-order valence-electron chi connectivity index (χ2n) is 6.36. The maximum absolute atomic E-state index is 9.36. The summed E-state index contributed by atoms with van der Waals surface area (Å²) < 4.78 is 5.76. The van der Waals surface area contributed by atoms with Crippen LogP contribution in [0.15, 0.2) is 29.6 Å². The van der Waals surface area contributed by atoms with Gasteiger partial charge in [0.1, 0.15) is 17.4 Å². The zero-order valence-corrected chi connectivity index (χ0v) is 13.9. The van der Waals surface area contributed by atoms with E-state index in [9.17, 15) is 5.11 Å². The number of rotatable bonds is 5. The van der Waals surface area contributed by atoms with E-state index in [1.54, 1.807) is 18.3 Å². The molecule has 1 aromatic carbocycles. The molecule has 2 aromatic rings. The van der Waals surface area contributed by atoms with Crippen LogP contribution in [0.4, 0.5) is 0 Å². The van der Waals surface area contributed by atoms with Crippen molar-refractivity contribution < 1.29 is 9.84 Å². The Hall–Kier alpha value is -1.39. The normalized spacial score (nSPS) is 13.2. The predicted molar refractivity (Wildman–Crippen MR) is 87.0 cm³/mol. The molecule has 0 aliphatic carbocycles. The predicted octanol–water partition coefficient (Wildman–Crippen LogP) is 3.94. The zero-order valence-electron chi connectivity index (χ0n) is 13.1. The molecule has 1 aromatic heterocycles. The SMILES string of the molecule is CC(O)Cc1ccc(OCc2nc(C(C)(C)C)cs2)cc1. The summed E-state index contributed by atoms with van der Waals surface area (Å²) in [5.74, 6) is 0.830. The van der Waals surface area contributed by atoms with Gasteiger partial charge >= 0.3 is 0 Å². The Morgan fingerprint density at radius 1 is 1.24 bits per heavy atom. The van der Waals surface area contributed by atoms with E-state index < -0.39 is 0 Å². The van der Waals surface area contributed by atoms with Crippen molar-refractivity contribution in [2.45, 2.75) is 52.2 Å². The van der Waals surface area contributed by atoms with Gasteiger partial charge in [-0.3, -0.25) is 0 Å². The lowest BCUT2D eigenvalue weighted by molar-refractivity contribution is 0.195. The minimum Gasteiger partial charge on any atom is -0.486 e. The van der Waals surface area contributed by atoms with E-state index in [4.69, 9.17) is 4.74 Å². The summed E-state index contributed by atoms with van der Waals surface area (Å²) in [4.78, 5) is 4.61. The van der Waals surface area contributed by atoms with Gasteiger partial charge in [0.15, 0.2) is 0 Å². The van der Waals surface area contributed by atoms with E-state index in [1.807, 2.05) is 24.3 Å². The van der Waals surface area contributed by atoms with Crippen molar-refractivity contribution in [1.82, 2.24) is 4.98 Å². The number of thiazole rings is 1. The molecule has 1 heterocycles. The van der Waals surface area contributed by atoms with Gasteiger partial charge in [-0.25, -0.2) is 4.98 Å². The maximum Gasteiger partial charge on any atom is 0.140 e. The fraction of sp³-hybridized carbons (Fsp3) is 0.471. The molecule has 0 radical (unpaired) electrons. The highest BCUT2D eigenvalue weighted by molar-refractivity contribution is 7.09. The Bertz CT molecular complexity index is 567. The molecule has 4 heteroatoms. The van der Waals surface area contributed by atoms with E-state index >= 15 is 0 Å². The fourth-order valence-corrected chi connectivity index (χ4v) is 2.86. The van der Waals surface area contributed by atoms with Crippen molar-refractivity contribution in [3.8, 4) is 5.75 Å². The molecule has 21 heavy (non-hydrogen) atoms. The number of hydrogen-bond donors (Lipinski definition) is 1. The van der Waals surface area contributed by atoms with Gasteiger partial charge in [0, 0.05) is 10.8 Å². The van der Waals surface area contributed by atoms with Crippen LogP contribution < -0.4 is 4.74 Å². The molecule has 3 nitrogen and oxygen atoms in total. The molecule has 0 aliphatic rings. The second-order valence-corrected chi connectivity index (χ2v) is 7.30. The van der Waals surface area contributed by atoms with Crippen LogP contribution in [0.25, 0.3) is 0 Å². The minimum absolute atomic E-state index is 0.0807. The molecular formula is C17H23NO2S. The average molecular weight is 305 g/mol. The highest BCUT2D eigenvalue weighted by Crippen LogP contribution is 2.24. The number of benzene rings is 1. The van der Waals surface area contributed by atoms with Crippen LogP contribution in [0.3, 0.4) is 0 Å². The Labute approximate surface area is 130 Å². The molecule has 0 bridgehead atoms. The smallest absolute Gasteiger partial charge is 0.140 e. The van der Waals surface area contributed by atoms with Gasteiger partial charge in [-0.1, -0.05) is 32.9 Å². The average Bonchev–Trinajstić information content (AvgIpc) is 2.86. The monoisotopic (exact) mass is 305 g/mol. The van der Waals surface area contributed by atoms with Crippen LogP contribution in [-0.2, 0) is 18.4 Å². The summed E-state index contributed by atoms with van der Waals surface area (Å²) in [6, 6.07) is 7.86. The van der Waals surface area contributed by atoms with Crippen molar-refractivity contribution in [1.29, 1.82) is 0 Å². The van der Waals surface area contributed by atoms with Gasteiger partial charge < -0.3 is 9.84 Å². The fourth-order valence-electron chi connectivity index (χ4n) is 1.93. The summed E-state index contributed by atoms with van der Waals surface area (Å²) >= 11 is 1.64. The van der Waals surface area contributed by atoms with E-state index in [1.165, 1.54) is 0 Å². The lowest BCUT2D eigenvalue weighted by Gasteiger charge is -2.14. The Kier molecular flexibility index (Phi) is 5.01. The topological polar surface area (TPSA) is 42.4 Å². The highest BCUT2D eigenvalue weighted by atomic mass is 32.1. The van der Waals surface area contributed by atoms with E-state index in [0.29, 0.717) is 13.0 Å². The Balaban J connectivity index is 1.92. The summed E-state index contributed by atoms with van der Waals surface area (Å²) in [6.07, 6.45) is 0.352. The summed E-state index contributed by atoms with van der Waals surface area (Å²) in [7, 11) is 0. The molecule has 0 saturated heterocycles. The minimum atomic E-state index is -0.317. The van der Waals surface area contributed by atoms with Gasteiger partial charge in [0.05, 0.1) is 11.8 Å². The lowest BCUT2D eigenvalue weighted by Crippen LogP contribution is -2.11. The number of ether oxygens (including phenoxy) is 1. The summed E-state index contributed by atoms with van der Waals surface area (Å²) in [5, 5.41) is 12.5. The molecule has 114 valence electrons. The third-order valence-electron chi connectivity index (χ3n) is 3.14. The first-order valence-electron chi connectivity index (χ1n) is 7.19. The zero-order chi connectivity index (χ0) is 15.5. The van der Waals surface area contributed by atoms with Gasteiger partial charge in [0.2, 0.25) is 0 Å². The number of nitrogens with zero attached hydrogens (tertiary/aromatic N) is 1. The molecule has 0 saturated carbocycles. The molecule has 0 amide bonds. The molecule has 0 spiro atoms. The van der Waals surface area contributed by atoms with Crippen molar-refractivity contribution in [3.63, 3.8) is 0 Å². The van der Waals surface area contributed by atoms with Crippen molar-refractivity contribution >= 4 is 11.3 Å². The first-order chi connectivity index (χ1) is 9.84. The van der Waals surface area contributed by atoms with Crippen LogP contribution in [0, 0.1) is 0 Å². The number of aromatic nitrogens is 1. The molecule has 1 N–H and O–H groups in total. The standard InChI is InChI=1S/C17H23NO2S/c1-12(19)9-13-5-7-14(8-6-13)20-10-16-18-15(11-21-16)17(2,3)4/h5-8,11-12,19H,9-10H2,1-4H3. The van der Waals surface area contributed by atoms with Gasteiger partial charge in [0.25, 0.3) is 0 Å². The highest BCUT2D eigenvalue weighted by Gasteiger charge is 2.17. The Morgan fingerprint density at radius 3 is 2.43 bits per heavy atom. The first-order valence-corrected chi connectivity index (χ1v) is 8.07. The largest absolute Gasteiger partial charge is 0.486 e. The quantitative estimate of drug-likeness (QED) is 0.909. The molecule has 1 atom stereocenters. The lowest BCUT2D eigenvalue weighted by atomic mass is 9.93. The number of hydrogen-bond acceptors (Lipinski definition) is 4. The molecule has 1 unspecified atom stereocenters. The van der Waals surface area contributed by atoms with Crippen molar-refractivity contribution in [2.24, 2.45) is 0 Å². The van der Waals surface area contributed by atoms with Crippen LogP contribution in [0.1, 0.15) is 44.0 Å². The molecule has 0 aliphatic heterocycles. The van der Waals surface area contributed by atoms with Crippen molar-refractivity contribution in [3.05, 3.63) is 45.9 Å². The van der Waals surface area contributed by atoms with Gasteiger partial charge in [-0.05, 0) is 31.0 Å². The van der Waals surface area contributed by atoms with E-state index in [-0.39, 0.29) is 11.5 Å². The van der Waals surface area contributed by atoms with Crippen LogP contribution in [0.2, 0.25) is 0 Å². The number of aliphatic hydroxyl groups excluding tert-OH is 1. The van der Waals surface area contributed by atoms with E-state index in [0.717, 1.165) is 22.0 Å². The third-order valence-corrected chi connectivity index (χ3v) is 3.96. The van der Waals surface area contributed by atoms with Crippen LogP contribution >= 0.6 is 11.3 Å². The van der Waals surface area contributed by atoms with Gasteiger partial charge in [-0.15, -0.1) is 11.3 Å². The maximum atomic E-state index is 9.36. The summed E-state index contributed by atoms with van der Waals surface area (Å²) in [5.41, 5.74) is 2.30. The van der Waals surface area contributed by atoms with Crippen LogP contribution in [0.5, 0.6) is 5.75 Å². The van der Waals surface area contributed by atoms with E-state index in [2.05, 4.69) is 31.1 Å². The molecule has 0 fully saturated rings. The molecule has 2 rings (SSSR count). The third kappa shape index (κ3) is 4.83. The Morgan fingerprint density at radius 2 is 1.90 bits per heavy atom. The van der Waals surface area contributed by atoms with Crippen LogP contribution in [-0.4, -0.2) is 16.2 Å². The summed E-state index contributed by atoms with van der Waals surface area (Å²) in [6.45, 7) is 8.77. The molecular weight excluding hydrogens is 282 g/mol. The number of aliphatic hydroxyl groups is 1. The van der Waals surface area contributed by atoms with Crippen molar-refractivity contribution in [2.75, 3.05) is 0 Å². The second kappa shape index (κ2) is 6.58.